The smallest absolute Gasteiger partial charge is 0.136 e. The summed E-state index contributed by atoms with van der Waals surface area (Å²) in [6, 6.07) is 8.31. The zero-order valence-corrected chi connectivity index (χ0v) is 14.5. The maximum atomic E-state index is 10.8. The number of nitriles is 1. The molecule has 0 unspecified atom stereocenters. The summed E-state index contributed by atoms with van der Waals surface area (Å²) in [5.74, 6) is 0.755. The van der Waals surface area contributed by atoms with Crippen LogP contribution in [-0.2, 0) is 11.3 Å². The third-order valence-corrected chi connectivity index (χ3v) is 5.50. The Balaban J connectivity index is 1.76. The van der Waals surface area contributed by atoms with E-state index >= 15 is 0 Å². The van der Waals surface area contributed by atoms with Crippen LogP contribution in [0.5, 0.6) is 5.75 Å². The maximum absolute atomic E-state index is 10.8. The van der Waals surface area contributed by atoms with Gasteiger partial charge in [-0.1, -0.05) is 6.07 Å². The Kier molecular flexibility index (Phi) is 5.09. The molecule has 2 fully saturated rings. The zero-order valence-electron chi connectivity index (χ0n) is 14.5. The Labute approximate surface area is 143 Å². The third-order valence-electron chi connectivity index (χ3n) is 5.50. The average Bonchev–Trinajstić information content (AvgIpc) is 3.02. The SMILES string of the molecule is COc1ccc(CN2CCC[C@@H]2[C@@H]2COCC[C@@]2(C)O)cc1C#N. The van der Waals surface area contributed by atoms with Gasteiger partial charge in [-0.15, -0.1) is 0 Å². The number of methoxy groups -OCH3 is 1. The summed E-state index contributed by atoms with van der Waals surface area (Å²) >= 11 is 0. The molecule has 0 bridgehead atoms. The second kappa shape index (κ2) is 7.10. The van der Waals surface area contributed by atoms with Crippen molar-refractivity contribution in [2.24, 2.45) is 5.92 Å². The van der Waals surface area contributed by atoms with Crippen molar-refractivity contribution in [2.75, 3.05) is 26.9 Å². The molecular formula is C19H26N2O3. The second-order valence-corrected chi connectivity index (χ2v) is 7.12. The molecule has 2 saturated heterocycles. The van der Waals surface area contributed by atoms with Crippen LogP contribution >= 0.6 is 0 Å². The summed E-state index contributed by atoms with van der Waals surface area (Å²) in [6.07, 6.45) is 2.92. The molecule has 0 aliphatic carbocycles. The van der Waals surface area contributed by atoms with E-state index in [1.54, 1.807) is 7.11 Å². The largest absolute Gasteiger partial charge is 0.495 e. The molecule has 5 nitrogen and oxygen atoms in total. The van der Waals surface area contributed by atoms with Crippen LogP contribution in [0, 0.1) is 17.2 Å². The normalized spacial score (nSPS) is 30.9. The molecule has 0 radical (unpaired) electrons. The summed E-state index contributed by atoms with van der Waals surface area (Å²) < 4.78 is 10.9. The van der Waals surface area contributed by atoms with Crippen molar-refractivity contribution in [1.82, 2.24) is 4.90 Å². The summed E-state index contributed by atoms with van der Waals surface area (Å²) in [5.41, 5.74) is 1.01. The first-order chi connectivity index (χ1) is 11.5. The fourth-order valence-electron chi connectivity index (χ4n) is 4.06. The number of rotatable bonds is 4. The standard InChI is InChI=1S/C19H26N2O3/c1-19(22)7-9-24-13-16(19)17-4-3-8-21(17)12-14-5-6-18(23-2)15(10-14)11-20/h5-6,10,16-17,22H,3-4,7-9,12-13H2,1-2H3/t16-,17+,19+/m0/s1. The highest BCUT2D eigenvalue weighted by atomic mass is 16.5. The van der Waals surface area contributed by atoms with E-state index < -0.39 is 5.60 Å². The lowest BCUT2D eigenvalue weighted by atomic mass is 9.79. The monoisotopic (exact) mass is 330 g/mol. The summed E-state index contributed by atoms with van der Waals surface area (Å²) in [5, 5.41) is 20.0. The van der Waals surface area contributed by atoms with Crippen LogP contribution in [0.3, 0.4) is 0 Å². The van der Waals surface area contributed by atoms with Gasteiger partial charge in [0.15, 0.2) is 0 Å². The van der Waals surface area contributed by atoms with E-state index in [-0.39, 0.29) is 5.92 Å². The molecule has 0 amide bonds. The summed E-state index contributed by atoms with van der Waals surface area (Å²) in [7, 11) is 1.58. The highest BCUT2D eigenvalue weighted by Gasteiger charge is 2.43. The number of ether oxygens (including phenoxy) is 2. The molecule has 3 rings (SSSR count). The van der Waals surface area contributed by atoms with E-state index in [0.29, 0.717) is 37.0 Å². The quantitative estimate of drug-likeness (QED) is 0.918. The zero-order chi connectivity index (χ0) is 17.2. The van der Waals surface area contributed by atoms with Crippen molar-refractivity contribution in [3.63, 3.8) is 0 Å². The van der Waals surface area contributed by atoms with Crippen molar-refractivity contribution in [1.29, 1.82) is 5.26 Å². The fraction of sp³-hybridized carbons (Fsp3) is 0.632. The van der Waals surface area contributed by atoms with Gasteiger partial charge in [-0.3, -0.25) is 4.90 Å². The molecule has 1 aromatic rings. The number of likely N-dealkylation sites (tertiary alicyclic amines) is 1. The molecule has 2 heterocycles. The van der Waals surface area contributed by atoms with Crippen LogP contribution in [-0.4, -0.2) is 48.5 Å². The number of aliphatic hydroxyl groups is 1. The predicted octanol–water partition coefficient (Wildman–Crippen LogP) is 2.32. The van der Waals surface area contributed by atoms with Crippen LogP contribution in [0.25, 0.3) is 0 Å². The highest BCUT2D eigenvalue weighted by Crippen LogP contribution is 2.36. The molecule has 1 N–H and O–H groups in total. The van der Waals surface area contributed by atoms with Gasteiger partial charge in [-0.25, -0.2) is 0 Å². The highest BCUT2D eigenvalue weighted by molar-refractivity contribution is 5.45. The summed E-state index contributed by atoms with van der Waals surface area (Å²) in [6.45, 7) is 5.01. The average molecular weight is 330 g/mol. The van der Waals surface area contributed by atoms with Crippen molar-refractivity contribution in [3.05, 3.63) is 29.3 Å². The number of hydrogen-bond donors (Lipinski definition) is 1. The van der Waals surface area contributed by atoms with Crippen LogP contribution in [0.4, 0.5) is 0 Å². The molecule has 24 heavy (non-hydrogen) atoms. The third kappa shape index (κ3) is 3.41. The fourth-order valence-corrected chi connectivity index (χ4v) is 4.06. The van der Waals surface area contributed by atoms with Gasteiger partial charge >= 0.3 is 0 Å². The number of benzene rings is 1. The summed E-state index contributed by atoms with van der Waals surface area (Å²) in [4.78, 5) is 2.43. The van der Waals surface area contributed by atoms with Crippen LogP contribution in [0.1, 0.15) is 37.3 Å². The van der Waals surface area contributed by atoms with Crippen molar-refractivity contribution < 1.29 is 14.6 Å². The lowest BCUT2D eigenvalue weighted by Gasteiger charge is -2.43. The van der Waals surface area contributed by atoms with Gasteiger partial charge in [0.1, 0.15) is 11.8 Å². The number of hydrogen-bond acceptors (Lipinski definition) is 5. The van der Waals surface area contributed by atoms with Gasteiger partial charge in [-0.2, -0.15) is 5.26 Å². The molecule has 0 spiro atoms. The van der Waals surface area contributed by atoms with E-state index in [4.69, 9.17) is 9.47 Å². The Morgan fingerprint density at radius 2 is 2.33 bits per heavy atom. The minimum absolute atomic E-state index is 0.141. The van der Waals surface area contributed by atoms with E-state index in [0.717, 1.165) is 31.5 Å². The van der Waals surface area contributed by atoms with Gasteiger partial charge in [0.2, 0.25) is 0 Å². The van der Waals surface area contributed by atoms with Gasteiger partial charge < -0.3 is 14.6 Å². The lowest BCUT2D eigenvalue weighted by molar-refractivity contribution is -0.123. The second-order valence-electron chi connectivity index (χ2n) is 7.12. The molecule has 3 atom stereocenters. The van der Waals surface area contributed by atoms with Crippen LogP contribution < -0.4 is 4.74 Å². The minimum Gasteiger partial charge on any atom is -0.495 e. The first-order valence-electron chi connectivity index (χ1n) is 8.66. The van der Waals surface area contributed by atoms with Crippen molar-refractivity contribution in [3.8, 4) is 11.8 Å². The van der Waals surface area contributed by atoms with Gasteiger partial charge in [0, 0.05) is 25.1 Å². The Morgan fingerprint density at radius 3 is 3.04 bits per heavy atom. The molecule has 2 aliphatic rings. The van der Waals surface area contributed by atoms with E-state index in [1.807, 2.05) is 25.1 Å². The van der Waals surface area contributed by atoms with Crippen LogP contribution in [0.2, 0.25) is 0 Å². The molecule has 130 valence electrons. The molecule has 1 aromatic carbocycles. The van der Waals surface area contributed by atoms with Gasteiger partial charge in [-0.05, 0) is 50.4 Å². The molecular weight excluding hydrogens is 304 g/mol. The Bertz CT molecular complexity index is 624. The lowest BCUT2D eigenvalue weighted by Crippen LogP contribution is -2.52. The van der Waals surface area contributed by atoms with Gasteiger partial charge in [0.05, 0.1) is 24.9 Å². The molecule has 5 heteroatoms. The van der Waals surface area contributed by atoms with E-state index in [2.05, 4.69) is 11.0 Å². The van der Waals surface area contributed by atoms with Crippen molar-refractivity contribution in [2.45, 2.75) is 44.4 Å². The first-order valence-corrected chi connectivity index (χ1v) is 8.66. The topological polar surface area (TPSA) is 65.7 Å². The molecule has 0 saturated carbocycles. The Morgan fingerprint density at radius 1 is 1.50 bits per heavy atom. The predicted molar refractivity (Wildman–Crippen MR) is 90.7 cm³/mol. The van der Waals surface area contributed by atoms with Crippen molar-refractivity contribution >= 4 is 0 Å². The molecule has 0 aromatic heterocycles. The molecule has 2 aliphatic heterocycles. The maximum Gasteiger partial charge on any atom is 0.136 e. The van der Waals surface area contributed by atoms with E-state index in [1.165, 1.54) is 0 Å². The minimum atomic E-state index is -0.663. The van der Waals surface area contributed by atoms with E-state index in [9.17, 15) is 10.4 Å². The first kappa shape index (κ1) is 17.2. The van der Waals surface area contributed by atoms with Gasteiger partial charge in [0.25, 0.3) is 0 Å². The number of nitrogens with zero attached hydrogens (tertiary/aromatic N) is 2. The van der Waals surface area contributed by atoms with Crippen LogP contribution in [0.15, 0.2) is 18.2 Å². The Hall–Kier alpha value is -1.61.